The zero-order chi connectivity index (χ0) is 9.80. The van der Waals surface area contributed by atoms with E-state index < -0.39 is 0 Å². The van der Waals surface area contributed by atoms with Gasteiger partial charge in [-0.3, -0.25) is 0 Å². The highest BCUT2D eigenvalue weighted by Gasteiger charge is 2.10. The highest BCUT2D eigenvalue weighted by atomic mass is 14.8. The fourth-order valence-electron chi connectivity index (χ4n) is 1.44. The topological polar surface area (TPSA) is 35.9 Å². The predicted octanol–water partition coefficient (Wildman–Crippen LogP) is 2.30. The Hall–Kier alpha value is -1.83. The average Bonchev–Trinajstić information content (AvgIpc) is 2.30. The van der Waals surface area contributed by atoms with Gasteiger partial charge in [-0.25, -0.2) is 0 Å². The molecule has 1 aliphatic heterocycles. The molecule has 70 valence electrons. The van der Waals surface area contributed by atoms with E-state index in [-0.39, 0.29) is 5.92 Å². The molecule has 2 heteroatoms. The van der Waals surface area contributed by atoms with Gasteiger partial charge in [0.2, 0.25) is 0 Å². The molecule has 0 aliphatic carbocycles. The van der Waals surface area contributed by atoms with Crippen molar-refractivity contribution in [2.45, 2.75) is 0 Å². The summed E-state index contributed by atoms with van der Waals surface area (Å²) in [4.78, 5) is 0. The van der Waals surface area contributed by atoms with Crippen molar-refractivity contribution in [1.29, 1.82) is 5.41 Å². The Balaban J connectivity index is 2.20. The van der Waals surface area contributed by atoms with Crippen LogP contribution in [-0.2, 0) is 0 Å². The lowest BCUT2D eigenvalue weighted by molar-refractivity contribution is 1.01. The summed E-state index contributed by atoms with van der Waals surface area (Å²) in [5.41, 5.74) is 1.62. The SMILES string of the molecule is N=C(c1ccccc1)C1C=CNC=C1. The summed E-state index contributed by atoms with van der Waals surface area (Å²) in [5, 5.41) is 11.0. The molecule has 0 atom stereocenters. The zero-order valence-corrected chi connectivity index (χ0v) is 7.77. The van der Waals surface area contributed by atoms with E-state index in [0.717, 1.165) is 5.56 Å². The smallest absolute Gasteiger partial charge is 0.0494 e. The molecular formula is C12H12N2. The van der Waals surface area contributed by atoms with Crippen LogP contribution in [0.5, 0.6) is 0 Å². The largest absolute Gasteiger partial charge is 0.368 e. The normalized spacial score (nSPS) is 15.1. The molecule has 0 fully saturated rings. The van der Waals surface area contributed by atoms with Crippen molar-refractivity contribution < 1.29 is 0 Å². The maximum atomic E-state index is 7.99. The van der Waals surface area contributed by atoms with E-state index in [0.29, 0.717) is 5.71 Å². The van der Waals surface area contributed by atoms with Crippen LogP contribution in [0, 0.1) is 11.3 Å². The molecule has 0 saturated heterocycles. The third-order valence-corrected chi connectivity index (χ3v) is 2.22. The number of hydrogen-bond donors (Lipinski definition) is 2. The Kier molecular flexibility index (Phi) is 2.45. The zero-order valence-electron chi connectivity index (χ0n) is 7.77. The second-order valence-electron chi connectivity index (χ2n) is 3.19. The van der Waals surface area contributed by atoms with Crippen LogP contribution in [-0.4, -0.2) is 5.71 Å². The molecule has 0 spiro atoms. The molecule has 0 bridgehead atoms. The molecule has 2 N–H and O–H groups in total. The fourth-order valence-corrected chi connectivity index (χ4v) is 1.44. The first-order valence-corrected chi connectivity index (χ1v) is 4.61. The Bertz CT molecular complexity index is 365. The molecule has 0 saturated carbocycles. The van der Waals surface area contributed by atoms with Gasteiger partial charge in [0.05, 0.1) is 0 Å². The van der Waals surface area contributed by atoms with Crippen LogP contribution in [0.4, 0.5) is 0 Å². The summed E-state index contributed by atoms with van der Waals surface area (Å²) in [7, 11) is 0. The summed E-state index contributed by atoms with van der Waals surface area (Å²) >= 11 is 0. The Morgan fingerprint density at radius 2 is 1.71 bits per heavy atom. The van der Waals surface area contributed by atoms with Crippen LogP contribution in [0.25, 0.3) is 0 Å². The molecule has 1 aromatic carbocycles. The van der Waals surface area contributed by atoms with Gasteiger partial charge in [0.15, 0.2) is 0 Å². The Morgan fingerprint density at radius 1 is 1.07 bits per heavy atom. The summed E-state index contributed by atoms with van der Waals surface area (Å²) in [5.74, 6) is 0.0960. The van der Waals surface area contributed by atoms with Gasteiger partial charge in [-0.15, -0.1) is 0 Å². The van der Waals surface area contributed by atoms with Crippen molar-refractivity contribution in [3.63, 3.8) is 0 Å². The maximum Gasteiger partial charge on any atom is 0.0494 e. The van der Waals surface area contributed by atoms with Crippen LogP contribution in [0.15, 0.2) is 54.9 Å². The van der Waals surface area contributed by atoms with E-state index in [4.69, 9.17) is 5.41 Å². The van der Waals surface area contributed by atoms with E-state index in [1.54, 1.807) is 0 Å². The number of hydrogen-bond acceptors (Lipinski definition) is 2. The lowest BCUT2D eigenvalue weighted by atomic mass is 9.96. The molecule has 0 aromatic heterocycles. The second kappa shape index (κ2) is 3.92. The first-order valence-electron chi connectivity index (χ1n) is 4.61. The molecule has 2 rings (SSSR count). The van der Waals surface area contributed by atoms with Crippen LogP contribution < -0.4 is 5.32 Å². The monoisotopic (exact) mass is 184 g/mol. The van der Waals surface area contributed by atoms with Crippen molar-refractivity contribution in [3.8, 4) is 0 Å². The van der Waals surface area contributed by atoms with Gasteiger partial charge in [0, 0.05) is 11.6 Å². The minimum absolute atomic E-state index is 0.0960. The second-order valence-corrected chi connectivity index (χ2v) is 3.19. The fraction of sp³-hybridized carbons (Fsp3) is 0.0833. The summed E-state index contributed by atoms with van der Waals surface area (Å²) < 4.78 is 0. The first-order chi connectivity index (χ1) is 6.88. The average molecular weight is 184 g/mol. The highest BCUT2D eigenvalue weighted by molar-refractivity contribution is 6.02. The number of rotatable bonds is 2. The van der Waals surface area contributed by atoms with E-state index in [1.165, 1.54) is 0 Å². The van der Waals surface area contributed by atoms with Crippen LogP contribution in [0.2, 0.25) is 0 Å². The Morgan fingerprint density at radius 3 is 2.36 bits per heavy atom. The standard InChI is InChI=1S/C12H12N2/c13-12(10-4-2-1-3-5-10)11-6-8-14-9-7-11/h1-9,11,13-14H. The summed E-state index contributed by atoms with van der Waals surface area (Å²) in [6.07, 6.45) is 7.69. The molecule has 1 aliphatic rings. The molecular weight excluding hydrogens is 172 g/mol. The van der Waals surface area contributed by atoms with Gasteiger partial charge >= 0.3 is 0 Å². The van der Waals surface area contributed by atoms with Gasteiger partial charge in [0.1, 0.15) is 0 Å². The van der Waals surface area contributed by atoms with Gasteiger partial charge in [-0.2, -0.15) is 0 Å². The van der Waals surface area contributed by atoms with E-state index in [1.807, 2.05) is 54.9 Å². The molecule has 14 heavy (non-hydrogen) atoms. The molecule has 1 aromatic rings. The van der Waals surface area contributed by atoms with E-state index in [2.05, 4.69) is 5.32 Å². The van der Waals surface area contributed by atoms with Crippen LogP contribution >= 0.6 is 0 Å². The first kappa shape index (κ1) is 8.75. The lowest BCUT2D eigenvalue weighted by Gasteiger charge is -2.12. The lowest BCUT2D eigenvalue weighted by Crippen LogP contribution is -2.14. The van der Waals surface area contributed by atoms with Gasteiger partial charge in [-0.1, -0.05) is 42.5 Å². The summed E-state index contributed by atoms with van der Waals surface area (Å²) in [6, 6.07) is 9.81. The number of dihydropyridines is 1. The van der Waals surface area contributed by atoms with Gasteiger partial charge < -0.3 is 10.7 Å². The van der Waals surface area contributed by atoms with Crippen molar-refractivity contribution in [3.05, 3.63) is 60.4 Å². The molecule has 0 unspecified atom stereocenters. The molecule has 2 nitrogen and oxygen atoms in total. The van der Waals surface area contributed by atoms with E-state index in [9.17, 15) is 0 Å². The quantitative estimate of drug-likeness (QED) is 0.680. The summed E-state index contributed by atoms with van der Waals surface area (Å²) in [6.45, 7) is 0. The number of benzene rings is 1. The van der Waals surface area contributed by atoms with Crippen molar-refractivity contribution >= 4 is 5.71 Å². The Labute approximate surface area is 83.5 Å². The van der Waals surface area contributed by atoms with E-state index >= 15 is 0 Å². The number of nitrogens with one attached hydrogen (secondary N) is 2. The number of allylic oxidation sites excluding steroid dienone is 2. The highest BCUT2D eigenvalue weighted by Crippen LogP contribution is 2.12. The van der Waals surface area contributed by atoms with Crippen molar-refractivity contribution in [2.75, 3.05) is 0 Å². The minimum Gasteiger partial charge on any atom is -0.368 e. The molecule has 1 heterocycles. The molecule has 0 radical (unpaired) electrons. The third kappa shape index (κ3) is 1.74. The van der Waals surface area contributed by atoms with Gasteiger partial charge in [0.25, 0.3) is 0 Å². The minimum atomic E-state index is 0.0960. The van der Waals surface area contributed by atoms with Crippen LogP contribution in [0.3, 0.4) is 0 Å². The van der Waals surface area contributed by atoms with Gasteiger partial charge in [-0.05, 0) is 18.0 Å². The maximum absolute atomic E-state index is 7.99. The predicted molar refractivity (Wildman–Crippen MR) is 58.2 cm³/mol. The van der Waals surface area contributed by atoms with Crippen molar-refractivity contribution in [1.82, 2.24) is 5.32 Å². The van der Waals surface area contributed by atoms with Crippen LogP contribution in [0.1, 0.15) is 5.56 Å². The van der Waals surface area contributed by atoms with Crippen molar-refractivity contribution in [2.24, 2.45) is 5.92 Å². The third-order valence-electron chi connectivity index (χ3n) is 2.22. The molecule has 0 amide bonds.